The van der Waals surface area contributed by atoms with Gasteiger partial charge in [-0.2, -0.15) is 5.26 Å². The van der Waals surface area contributed by atoms with Crippen molar-refractivity contribution in [2.75, 3.05) is 10.5 Å². The molecule has 0 fully saturated rings. The molecule has 0 heterocycles. The van der Waals surface area contributed by atoms with Gasteiger partial charge in [0.1, 0.15) is 6.07 Å². The third-order valence-electron chi connectivity index (χ3n) is 3.19. The maximum Gasteiger partial charge on any atom is 0.262 e. The molecule has 0 saturated heterocycles. The number of sulfonamides is 1. The Morgan fingerprint density at radius 3 is 2.48 bits per heavy atom. The largest absolute Gasteiger partial charge is 0.398 e. The van der Waals surface area contributed by atoms with E-state index in [1.54, 1.807) is 38.1 Å². The summed E-state index contributed by atoms with van der Waals surface area (Å²) in [5.41, 5.74) is 8.24. The number of nitrogens with one attached hydrogen (secondary N) is 1. The number of anilines is 2. The number of nitrogen functional groups attached to an aromatic ring is 1. The topological polar surface area (TPSA) is 96.0 Å². The molecule has 2 aromatic rings. The molecule has 0 aromatic heterocycles. The maximum absolute atomic E-state index is 12.4. The summed E-state index contributed by atoms with van der Waals surface area (Å²) in [7, 11) is -3.78. The predicted octanol–water partition coefficient (Wildman–Crippen LogP) is 2.56. The molecule has 5 nitrogen and oxygen atoms in total. The smallest absolute Gasteiger partial charge is 0.262 e. The van der Waals surface area contributed by atoms with Crippen molar-refractivity contribution in [2.24, 2.45) is 0 Å². The molecule has 21 heavy (non-hydrogen) atoms. The third kappa shape index (κ3) is 2.98. The van der Waals surface area contributed by atoms with E-state index in [4.69, 9.17) is 11.0 Å². The highest BCUT2D eigenvalue weighted by atomic mass is 32.2. The highest BCUT2D eigenvalue weighted by molar-refractivity contribution is 7.92. The van der Waals surface area contributed by atoms with Crippen LogP contribution in [-0.4, -0.2) is 8.42 Å². The van der Waals surface area contributed by atoms with Gasteiger partial charge in [-0.15, -0.1) is 0 Å². The van der Waals surface area contributed by atoms with E-state index in [1.807, 2.05) is 6.07 Å². The predicted molar refractivity (Wildman–Crippen MR) is 82.3 cm³/mol. The second-order valence-electron chi connectivity index (χ2n) is 4.73. The Morgan fingerprint density at radius 2 is 1.86 bits per heavy atom. The molecule has 2 rings (SSSR count). The van der Waals surface area contributed by atoms with Crippen LogP contribution in [0.25, 0.3) is 0 Å². The fraction of sp³-hybridized carbons (Fsp3) is 0.133. The van der Waals surface area contributed by atoms with Crippen LogP contribution in [-0.2, 0) is 10.0 Å². The molecular weight excluding hydrogens is 286 g/mol. The van der Waals surface area contributed by atoms with Crippen LogP contribution in [0.2, 0.25) is 0 Å². The lowest BCUT2D eigenvalue weighted by molar-refractivity contribution is 0.601. The first-order chi connectivity index (χ1) is 9.85. The van der Waals surface area contributed by atoms with E-state index in [0.29, 0.717) is 16.8 Å². The zero-order chi connectivity index (χ0) is 15.6. The first-order valence-electron chi connectivity index (χ1n) is 6.24. The SMILES string of the molecule is Cc1ccc(S(=O)(=O)Nc2cccc(C)c2C#N)cc1N. The van der Waals surface area contributed by atoms with Crippen molar-refractivity contribution in [2.45, 2.75) is 18.7 Å². The van der Waals surface area contributed by atoms with Gasteiger partial charge in [0.25, 0.3) is 10.0 Å². The molecule has 3 N–H and O–H groups in total. The third-order valence-corrected chi connectivity index (χ3v) is 4.55. The van der Waals surface area contributed by atoms with Crippen LogP contribution in [0.15, 0.2) is 41.3 Å². The summed E-state index contributed by atoms with van der Waals surface area (Å²) in [5, 5.41) is 9.14. The normalized spacial score (nSPS) is 10.9. The Labute approximate surface area is 124 Å². The number of nitrogens with two attached hydrogens (primary N) is 1. The molecule has 0 aliphatic carbocycles. The molecule has 0 aliphatic heterocycles. The average molecular weight is 301 g/mol. The van der Waals surface area contributed by atoms with Gasteiger partial charge in [0.15, 0.2) is 0 Å². The molecule has 0 atom stereocenters. The van der Waals surface area contributed by atoms with E-state index in [0.717, 1.165) is 5.56 Å². The monoisotopic (exact) mass is 301 g/mol. The van der Waals surface area contributed by atoms with Gasteiger partial charge in [-0.25, -0.2) is 8.42 Å². The summed E-state index contributed by atoms with van der Waals surface area (Å²) in [6.07, 6.45) is 0. The molecule has 0 bridgehead atoms. The molecule has 0 saturated carbocycles. The fourth-order valence-corrected chi connectivity index (χ4v) is 3.00. The lowest BCUT2D eigenvalue weighted by Crippen LogP contribution is -2.14. The molecule has 2 aromatic carbocycles. The van der Waals surface area contributed by atoms with E-state index < -0.39 is 10.0 Å². The number of hydrogen-bond acceptors (Lipinski definition) is 4. The first-order valence-corrected chi connectivity index (χ1v) is 7.72. The van der Waals surface area contributed by atoms with Crippen LogP contribution in [0.3, 0.4) is 0 Å². The van der Waals surface area contributed by atoms with Gasteiger partial charge in [-0.3, -0.25) is 4.72 Å². The highest BCUT2D eigenvalue weighted by Crippen LogP contribution is 2.23. The molecule has 0 aliphatic rings. The van der Waals surface area contributed by atoms with Crippen LogP contribution in [0, 0.1) is 25.2 Å². The molecule has 6 heteroatoms. The second-order valence-corrected chi connectivity index (χ2v) is 6.42. The van der Waals surface area contributed by atoms with Crippen molar-refractivity contribution in [3.05, 3.63) is 53.1 Å². The van der Waals surface area contributed by atoms with Crippen LogP contribution < -0.4 is 10.5 Å². The molecule has 0 spiro atoms. The van der Waals surface area contributed by atoms with Crippen molar-refractivity contribution < 1.29 is 8.42 Å². The summed E-state index contributed by atoms with van der Waals surface area (Å²) in [6.45, 7) is 3.55. The zero-order valence-corrected chi connectivity index (χ0v) is 12.5. The quantitative estimate of drug-likeness (QED) is 0.851. The molecular formula is C15H15N3O2S. The number of rotatable bonds is 3. The summed E-state index contributed by atoms with van der Waals surface area (Å²) in [5.74, 6) is 0. The molecule has 0 radical (unpaired) electrons. The maximum atomic E-state index is 12.4. The van der Waals surface area contributed by atoms with Crippen LogP contribution >= 0.6 is 0 Å². The number of nitrogens with zero attached hydrogens (tertiary/aromatic N) is 1. The minimum Gasteiger partial charge on any atom is -0.398 e. The van der Waals surface area contributed by atoms with Gasteiger partial charge in [0, 0.05) is 5.69 Å². The van der Waals surface area contributed by atoms with E-state index >= 15 is 0 Å². The summed E-state index contributed by atoms with van der Waals surface area (Å²) < 4.78 is 27.2. The van der Waals surface area contributed by atoms with Gasteiger partial charge in [0.05, 0.1) is 16.1 Å². The fourth-order valence-electron chi connectivity index (χ4n) is 1.89. The molecule has 0 unspecified atom stereocenters. The van der Waals surface area contributed by atoms with Crippen molar-refractivity contribution in [3.63, 3.8) is 0 Å². The van der Waals surface area contributed by atoms with Crippen molar-refractivity contribution in [1.29, 1.82) is 5.26 Å². The molecule has 108 valence electrons. The average Bonchev–Trinajstić information content (AvgIpc) is 2.41. The van der Waals surface area contributed by atoms with Crippen molar-refractivity contribution in [1.82, 2.24) is 0 Å². The van der Waals surface area contributed by atoms with E-state index in [9.17, 15) is 8.42 Å². The lowest BCUT2D eigenvalue weighted by Gasteiger charge is -2.11. The summed E-state index contributed by atoms with van der Waals surface area (Å²) >= 11 is 0. The van der Waals surface area contributed by atoms with E-state index in [-0.39, 0.29) is 10.6 Å². The van der Waals surface area contributed by atoms with Gasteiger partial charge in [-0.1, -0.05) is 18.2 Å². The Morgan fingerprint density at radius 1 is 1.14 bits per heavy atom. The lowest BCUT2D eigenvalue weighted by atomic mass is 10.1. The van der Waals surface area contributed by atoms with Crippen molar-refractivity contribution in [3.8, 4) is 6.07 Å². The Kier molecular flexibility index (Phi) is 3.87. The number of benzene rings is 2. The first kappa shape index (κ1) is 14.9. The highest BCUT2D eigenvalue weighted by Gasteiger charge is 2.17. The Hall–Kier alpha value is -2.52. The molecule has 0 amide bonds. The van der Waals surface area contributed by atoms with Crippen LogP contribution in [0.1, 0.15) is 16.7 Å². The van der Waals surface area contributed by atoms with Crippen LogP contribution in [0.5, 0.6) is 0 Å². The van der Waals surface area contributed by atoms with Gasteiger partial charge in [0.2, 0.25) is 0 Å². The van der Waals surface area contributed by atoms with E-state index in [1.165, 1.54) is 12.1 Å². The number of hydrogen-bond donors (Lipinski definition) is 2. The number of aryl methyl sites for hydroxylation is 2. The summed E-state index contributed by atoms with van der Waals surface area (Å²) in [6, 6.07) is 11.5. The van der Waals surface area contributed by atoms with Crippen molar-refractivity contribution >= 4 is 21.4 Å². The minimum absolute atomic E-state index is 0.0657. The van der Waals surface area contributed by atoms with Crippen LogP contribution in [0.4, 0.5) is 11.4 Å². The zero-order valence-electron chi connectivity index (χ0n) is 11.7. The standard InChI is InChI=1S/C15H15N3O2S/c1-10-4-3-5-15(13(10)9-16)18-21(19,20)12-7-6-11(2)14(17)8-12/h3-8,18H,17H2,1-2H3. The van der Waals surface area contributed by atoms with Gasteiger partial charge >= 0.3 is 0 Å². The second kappa shape index (κ2) is 5.46. The van der Waals surface area contributed by atoms with Gasteiger partial charge in [-0.05, 0) is 43.2 Å². The minimum atomic E-state index is -3.78. The van der Waals surface area contributed by atoms with E-state index in [2.05, 4.69) is 4.72 Å². The van der Waals surface area contributed by atoms with Gasteiger partial charge < -0.3 is 5.73 Å². The Bertz CT molecular complexity index is 836. The Balaban J connectivity index is 2.45. The summed E-state index contributed by atoms with van der Waals surface area (Å²) in [4.78, 5) is 0.0657. The number of nitriles is 1.